The number of piperidine rings is 1. The number of amides is 2. The molecule has 1 unspecified atom stereocenters. The fourth-order valence-corrected chi connectivity index (χ4v) is 6.15. The van der Waals surface area contributed by atoms with E-state index in [2.05, 4.69) is 20.8 Å². The lowest BCUT2D eigenvalue weighted by atomic mass is 9.92. The fourth-order valence-electron chi connectivity index (χ4n) is 3.63. The molecule has 0 N–H and O–H groups in total. The van der Waals surface area contributed by atoms with Gasteiger partial charge in [0.25, 0.3) is 0 Å². The Morgan fingerprint density at radius 1 is 1.20 bits per heavy atom. The van der Waals surface area contributed by atoms with Crippen molar-refractivity contribution in [3.05, 3.63) is 16.1 Å². The molecule has 2 fully saturated rings. The van der Waals surface area contributed by atoms with Crippen LogP contribution in [0.1, 0.15) is 82.0 Å². The number of aromatic nitrogens is 1. The Bertz CT molecular complexity index is 758. The molecule has 1 atom stereocenters. The van der Waals surface area contributed by atoms with Gasteiger partial charge in [0, 0.05) is 31.7 Å². The molecule has 2 saturated heterocycles. The SMILES string of the molecule is CC(C)(C)CCN1C(=O)CSC1c1cnc(C2CCN(C(=O)OC(C)(C)C)CC2)s1. The van der Waals surface area contributed by atoms with Gasteiger partial charge in [0.15, 0.2) is 0 Å². The highest BCUT2D eigenvalue weighted by Gasteiger charge is 2.35. The first-order chi connectivity index (χ1) is 13.9. The highest BCUT2D eigenvalue weighted by Crippen LogP contribution is 2.43. The third-order valence-corrected chi connectivity index (χ3v) is 7.95. The molecule has 0 spiro atoms. The largest absolute Gasteiger partial charge is 0.444 e. The van der Waals surface area contributed by atoms with Crippen LogP contribution >= 0.6 is 23.1 Å². The molecule has 0 bridgehead atoms. The zero-order valence-electron chi connectivity index (χ0n) is 19.1. The summed E-state index contributed by atoms with van der Waals surface area (Å²) < 4.78 is 5.49. The van der Waals surface area contributed by atoms with Gasteiger partial charge in [-0.2, -0.15) is 0 Å². The van der Waals surface area contributed by atoms with Crippen molar-refractivity contribution in [1.29, 1.82) is 0 Å². The van der Waals surface area contributed by atoms with Gasteiger partial charge in [0.05, 0.1) is 15.6 Å². The number of thiazole rings is 1. The number of hydrogen-bond acceptors (Lipinski definition) is 6. The van der Waals surface area contributed by atoms with Gasteiger partial charge in [-0.1, -0.05) is 20.8 Å². The molecule has 0 radical (unpaired) electrons. The van der Waals surface area contributed by atoms with Crippen molar-refractivity contribution in [2.24, 2.45) is 5.41 Å². The number of likely N-dealkylation sites (tertiary alicyclic amines) is 1. The molecule has 0 aliphatic carbocycles. The topological polar surface area (TPSA) is 62.7 Å². The van der Waals surface area contributed by atoms with Gasteiger partial charge >= 0.3 is 6.09 Å². The number of carbonyl (C=O) groups excluding carboxylic acids is 2. The second-order valence-electron chi connectivity index (χ2n) is 10.4. The summed E-state index contributed by atoms with van der Waals surface area (Å²) in [6.45, 7) is 14.5. The zero-order chi connectivity index (χ0) is 22.1. The molecule has 1 aromatic rings. The van der Waals surface area contributed by atoms with Gasteiger partial charge < -0.3 is 14.5 Å². The van der Waals surface area contributed by atoms with Crippen molar-refractivity contribution in [3.63, 3.8) is 0 Å². The van der Waals surface area contributed by atoms with Crippen LogP contribution in [0.3, 0.4) is 0 Å². The Labute approximate surface area is 188 Å². The van der Waals surface area contributed by atoms with Gasteiger partial charge in [-0.3, -0.25) is 4.79 Å². The molecule has 2 amide bonds. The van der Waals surface area contributed by atoms with Crippen molar-refractivity contribution < 1.29 is 14.3 Å². The standard InChI is InChI=1S/C22H35N3O3S2/c1-21(2,3)9-12-25-17(26)14-29-19(25)16-13-23-18(30-16)15-7-10-24(11-8-15)20(27)28-22(4,5)6/h13,15,19H,7-12,14H2,1-6H3. The number of thioether (sulfide) groups is 1. The van der Waals surface area contributed by atoms with Gasteiger partial charge in [0.1, 0.15) is 11.0 Å². The summed E-state index contributed by atoms with van der Waals surface area (Å²) in [6.07, 6.45) is 4.52. The van der Waals surface area contributed by atoms with E-state index < -0.39 is 5.60 Å². The maximum Gasteiger partial charge on any atom is 0.410 e. The summed E-state index contributed by atoms with van der Waals surface area (Å²) in [4.78, 5) is 34.4. The molecule has 2 aliphatic rings. The summed E-state index contributed by atoms with van der Waals surface area (Å²) >= 11 is 3.44. The van der Waals surface area contributed by atoms with Crippen molar-refractivity contribution in [2.45, 2.75) is 77.7 Å². The van der Waals surface area contributed by atoms with Crippen molar-refractivity contribution in [3.8, 4) is 0 Å². The Balaban J connectivity index is 1.59. The molecule has 3 rings (SSSR count). The third kappa shape index (κ3) is 6.13. The van der Waals surface area contributed by atoms with Crippen LogP contribution in [0.25, 0.3) is 0 Å². The number of ether oxygens (including phenoxy) is 1. The number of rotatable bonds is 4. The maximum atomic E-state index is 12.4. The Hall–Kier alpha value is -1.28. The first-order valence-corrected chi connectivity index (χ1v) is 12.6. The monoisotopic (exact) mass is 453 g/mol. The van der Waals surface area contributed by atoms with E-state index in [1.54, 1.807) is 28.0 Å². The fraction of sp³-hybridized carbons (Fsp3) is 0.773. The Morgan fingerprint density at radius 2 is 1.87 bits per heavy atom. The molecule has 0 saturated carbocycles. The quantitative estimate of drug-likeness (QED) is 0.622. The van der Waals surface area contributed by atoms with Crippen LogP contribution in [0, 0.1) is 5.41 Å². The minimum atomic E-state index is -0.465. The second-order valence-corrected chi connectivity index (χ2v) is 12.6. The van der Waals surface area contributed by atoms with E-state index in [9.17, 15) is 9.59 Å². The molecule has 3 heterocycles. The summed E-state index contributed by atoms with van der Waals surface area (Å²) in [5.74, 6) is 1.15. The molecule has 30 heavy (non-hydrogen) atoms. The lowest BCUT2D eigenvalue weighted by Crippen LogP contribution is -2.41. The predicted octanol–water partition coefficient (Wildman–Crippen LogP) is 5.27. The van der Waals surface area contributed by atoms with Gasteiger partial charge in [-0.05, 0) is 45.4 Å². The first-order valence-electron chi connectivity index (χ1n) is 10.8. The summed E-state index contributed by atoms with van der Waals surface area (Å²) in [5.41, 5.74) is -0.257. The smallest absolute Gasteiger partial charge is 0.410 e. The van der Waals surface area contributed by atoms with E-state index in [4.69, 9.17) is 9.72 Å². The zero-order valence-corrected chi connectivity index (χ0v) is 20.7. The van der Waals surface area contributed by atoms with E-state index in [0.29, 0.717) is 24.8 Å². The third-order valence-electron chi connectivity index (χ3n) is 5.35. The van der Waals surface area contributed by atoms with Crippen LogP contribution in [0.4, 0.5) is 4.79 Å². The average Bonchev–Trinajstić information content (AvgIpc) is 3.25. The van der Waals surface area contributed by atoms with Crippen molar-refractivity contribution in [1.82, 2.24) is 14.8 Å². The summed E-state index contributed by atoms with van der Waals surface area (Å²) in [6, 6.07) is 0. The Kier molecular flexibility index (Phi) is 7.07. The molecule has 1 aromatic heterocycles. The molecular weight excluding hydrogens is 418 g/mol. The van der Waals surface area contributed by atoms with E-state index in [0.717, 1.165) is 30.8 Å². The summed E-state index contributed by atoms with van der Waals surface area (Å²) in [7, 11) is 0. The molecule has 8 heteroatoms. The van der Waals surface area contributed by atoms with Crippen molar-refractivity contribution in [2.75, 3.05) is 25.4 Å². The van der Waals surface area contributed by atoms with Crippen molar-refractivity contribution >= 4 is 35.1 Å². The molecule has 2 aliphatic heterocycles. The van der Waals surface area contributed by atoms with Gasteiger partial charge in [-0.15, -0.1) is 23.1 Å². The maximum absolute atomic E-state index is 12.4. The van der Waals surface area contributed by atoms with E-state index in [1.807, 2.05) is 31.9 Å². The van der Waals surface area contributed by atoms with Crippen LogP contribution in [-0.4, -0.2) is 57.8 Å². The minimum absolute atomic E-state index is 0.0907. The van der Waals surface area contributed by atoms with Crippen LogP contribution in [0.2, 0.25) is 0 Å². The van der Waals surface area contributed by atoms with E-state index in [-0.39, 0.29) is 22.8 Å². The number of carbonyl (C=O) groups is 2. The van der Waals surface area contributed by atoms with Crippen LogP contribution in [0.15, 0.2) is 6.20 Å². The molecule has 168 valence electrons. The highest BCUT2D eigenvalue weighted by atomic mass is 32.2. The van der Waals surface area contributed by atoms with Gasteiger partial charge in [-0.25, -0.2) is 9.78 Å². The normalized spacial score (nSPS) is 21.4. The molecule has 0 aromatic carbocycles. The lowest BCUT2D eigenvalue weighted by molar-refractivity contribution is -0.128. The van der Waals surface area contributed by atoms with Crippen LogP contribution < -0.4 is 0 Å². The minimum Gasteiger partial charge on any atom is -0.444 e. The van der Waals surface area contributed by atoms with E-state index >= 15 is 0 Å². The molecular formula is C22H35N3O3S2. The lowest BCUT2D eigenvalue weighted by Gasteiger charge is -2.32. The average molecular weight is 454 g/mol. The predicted molar refractivity (Wildman–Crippen MR) is 123 cm³/mol. The number of hydrogen-bond donors (Lipinski definition) is 0. The van der Waals surface area contributed by atoms with Gasteiger partial charge in [0.2, 0.25) is 5.91 Å². The Morgan fingerprint density at radius 3 is 2.47 bits per heavy atom. The van der Waals surface area contributed by atoms with E-state index in [1.165, 1.54) is 4.88 Å². The molecule has 6 nitrogen and oxygen atoms in total. The van der Waals surface area contributed by atoms with Crippen LogP contribution in [0.5, 0.6) is 0 Å². The number of nitrogens with zero attached hydrogens (tertiary/aromatic N) is 3. The second kappa shape index (κ2) is 9.07. The first kappa shape index (κ1) is 23.4. The van der Waals surface area contributed by atoms with Crippen LogP contribution in [-0.2, 0) is 9.53 Å². The summed E-state index contributed by atoms with van der Waals surface area (Å²) in [5, 5.41) is 1.22. The highest BCUT2D eigenvalue weighted by molar-refractivity contribution is 8.00.